The number of nitrogens with two attached hydrogens (primary N) is 2. The molecule has 0 bridgehead atoms. The van der Waals surface area contributed by atoms with E-state index in [-0.39, 0.29) is 35.8 Å². The van der Waals surface area contributed by atoms with E-state index in [1.807, 2.05) is 0 Å². The lowest BCUT2D eigenvalue weighted by atomic mass is 9.68. The van der Waals surface area contributed by atoms with Gasteiger partial charge in [-0.2, -0.15) is 0 Å². The van der Waals surface area contributed by atoms with Gasteiger partial charge in [0, 0.05) is 46.7 Å². The van der Waals surface area contributed by atoms with E-state index >= 15 is 0 Å². The van der Waals surface area contributed by atoms with Gasteiger partial charge in [0.2, 0.25) is 0 Å². The van der Waals surface area contributed by atoms with Crippen molar-refractivity contribution in [2.45, 2.75) is 126 Å². The van der Waals surface area contributed by atoms with Crippen LogP contribution >= 0.6 is 0 Å². The quantitative estimate of drug-likeness (QED) is 0.143. The lowest BCUT2D eigenvalue weighted by Gasteiger charge is -2.39. The molecule has 3 fully saturated rings. The van der Waals surface area contributed by atoms with Crippen molar-refractivity contribution in [1.29, 1.82) is 0 Å². The number of rotatable bonds is 16. The van der Waals surface area contributed by atoms with Crippen molar-refractivity contribution in [2.75, 3.05) is 34.5 Å². The summed E-state index contributed by atoms with van der Waals surface area (Å²) in [6, 6.07) is 0. The molecule has 1 aliphatic heterocycles. The van der Waals surface area contributed by atoms with Gasteiger partial charge in [-0.1, -0.05) is 0 Å². The van der Waals surface area contributed by atoms with Crippen LogP contribution in [0.4, 0.5) is 0 Å². The Morgan fingerprint density at radius 1 is 0.902 bits per heavy atom. The standard InChI is InChI=1S/C31H58N2O8/c1-39-14-4-5-22(21-12-13-33-29(32)18-21)30(24(35)10-7-19-6-9-23(34)27(16-19)40-2)25(36)11-8-20-15-26(37)31(38)28(17-20)41-3/h19-24,26-31,33-35,37-38H,4-18,32H2,1-3H3/p+1. The summed E-state index contributed by atoms with van der Waals surface area (Å²) < 4.78 is 16.3. The third-order valence-corrected chi connectivity index (χ3v) is 10.4. The molecule has 0 aromatic rings. The monoisotopic (exact) mass is 587 g/mol. The molecule has 3 rings (SSSR count). The molecule has 10 heteroatoms. The number of aliphatic hydroxyl groups excluding tert-OH is 4. The average Bonchev–Trinajstić information content (AvgIpc) is 2.96. The third-order valence-electron chi connectivity index (χ3n) is 10.4. The van der Waals surface area contributed by atoms with Crippen molar-refractivity contribution in [3.8, 4) is 0 Å². The van der Waals surface area contributed by atoms with E-state index in [0.29, 0.717) is 51.0 Å². The van der Waals surface area contributed by atoms with E-state index < -0.39 is 36.4 Å². The molecule has 3 aliphatic rings. The number of ketones is 1. The molecule has 12 atom stereocenters. The number of carbonyl (C=O) groups excluding carboxylic acids is 1. The van der Waals surface area contributed by atoms with Gasteiger partial charge in [-0.3, -0.25) is 10.5 Å². The van der Waals surface area contributed by atoms with E-state index in [9.17, 15) is 25.2 Å². The smallest absolute Gasteiger partial charge is 0.138 e. The van der Waals surface area contributed by atoms with Crippen LogP contribution in [-0.4, -0.2) is 103 Å². The molecule has 0 aromatic carbocycles. The maximum Gasteiger partial charge on any atom is 0.138 e. The second-order valence-electron chi connectivity index (χ2n) is 13.1. The van der Waals surface area contributed by atoms with Gasteiger partial charge in [-0.15, -0.1) is 0 Å². The molecule has 240 valence electrons. The van der Waals surface area contributed by atoms with Crippen molar-refractivity contribution >= 4 is 5.78 Å². The SMILES string of the molecule is COCCCC(C1CC[NH2+]C(N)C1)C(C(=O)CCC1CC(O)C(O)C(OC)C1)C(O)CCC1CCC(O)C(OC)C1. The zero-order valence-electron chi connectivity index (χ0n) is 25.6. The molecule has 2 aliphatic carbocycles. The van der Waals surface area contributed by atoms with Crippen LogP contribution in [0.5, 0.6) is 0 Å². The highest BCUT2D eigenvalue weighted by Gasteiger charge is 2.42. The number of hydrogen-bond donors (Lipinski definition) is 6. The second-order valence-corrected chi connectivity index (χ2v) is 13.1. The molecule has 10 nitrogen and oxygen atoms in total. The molecule has 41 heavy (non-hydrogen) atoms. The van der Waals surface area contributed by atoms with Crippen molar-refractivity contribution in [2.24, 2.45) is 35.3 Å². The minimum atomic E-state index is -0.905. The Bertz CT molecular complexity index is 760. The van der Waals surface area contributed by atoms with E-state index in [4.69, 9.17) is 19.9 Å². The first kappa shape index (κ1) is 34.8. The summed E-state index contributed by atoms with van der Waals surface area (Å²) >= 11 is 0. The van der Waals surface area contributed by atoms with E-state index in [1.54, 1.807) is 21.3 Å². The van der Waals surface area contributed by atoms with Gasteiger partial charge in [0.15, 0.2) is 0 Å². The number of hydrogen-bond acceptors (Lipinski definition) is 9. The van der Waals surface area contributed by atoms with Crippen molar-refractivity contribution in [1.82, 2.24) is 0 Å². The Balaban J connectivity index is 1.74. The predicted octanol–water partition coefficient (Wildman–Crippen LogP) is 0.717. The predicted molar refractivity (Wildman–Crippen MR) is 155 cm³/mol. The molecule has 0 amide bonds. The van der Waals surface area contributed by atoms with E-state index in [2.05, 4.69) is 5.32 Å². The van der Waals surface area contributed by atoms with Crippen molar-refractivity contribution in [3.05, 3.63) is 0 Å². The molecule has 12 unspecified atom stereocenters. The summed E-state index contributed by atoms with van der Waals surface area (Å²) in [5.41, 5.74) is 6.35. The summed E-state index contributed by atoms with van der Waals surface area (Å²) in [6.07, 6.45) is 5.54. The first-order valence-corrected chi connectivity index (χ1v) is 16.1. The fraction of sp³-hybridized carbons (Fsp3) is 0.968. The Morgan fingerprint density at radius 3 is 2.32 bits per heavy atom. The highest BCUT2D eigenvalue weighted by atomic mass is 16.5. The summed E-state index contributed by atoms with van der Waals surface area (Å²) in [7, 11) is 4.87. The molecule has 0 aromatic heterocycles. The van der Waals surface area contributed by atoms with Crippen LogP contribution in [0.3, 0.4) is 0 Å². The van der Waals surface area contributed by atoms with Gasteiger partial charge in [-0.25, -0.2) is 0 Å². The number of Topliss-reactive ketones (excluding diaryl/α,β-unsaturated/α-hetero) is 1. The van der Waals surface area contributed by atoms with Gasteiger partial charge in [0.25, 0.3) is 0 Å². The molecular formula is C31H59N2O8+. The van der Waals surface area contributed by atoms with Crippen LogP contribution < -0.4 is 11.1 Å². The van der Waals surface area contributed by atoms with Gasteiger partial charge < -0.3 is 40.0 Å². The molecule has 8 N–H and O–H groups in total. The fourth-order valence-electron chi connectivity index (χ4n) is 7.96. The normalized spacial score (nSPS) is 36.9. The minimum Gasteiger partial charge on any atom is -0.392 e. The lowest BCUT2D eigenvalue weighted by Crippen LogP contribution is -2.94. The van der Waals surface area contributed by atoms with Crippen LogP contribution in [0.15, 0.2) is 0 Å². The molecule has 2 saturated carbocycles. The van der Waals surface area contributed by atoms with Crippen LogP contribution in [0.1, 0.15) is 83.5 Å². The number of aliphatic hydroxyl groups is 4. The van der Waals surface area contributed by atoms with Crippen molar-refractivity contribution < 1.29 is 44.7 Å². The Morgan fingerprint density at radius 2 is 1.63 bits per heavy atom. The van der Waals surface area contributed by atoms with Crippen molar-refractivity contribution in [3.63, 3.8) is 0 Å². The average molecular weight is 588 g/mol. The van der Waals surface area contributed by atoms with Gasteiger partial charge in [0.05, 0.1) is 37.1 Å². The summed E-state index contributed by atoms with van der Waals surface area (Å²) in [6.45, 7) is 1.54. The highest BCUT2D eigenvalue weighted by molar-refractivity contribution is 5.82. The maximum atomic E-state index is 14.1. The number of piperidine rings is 1. The first-order valence-electron chi connectivity index (χ1n) is 16.1. The van der Waals surface area contributed by atoms with Gasteiger partial charge >= 0.3 is 0 Å². The van der Waals surface area contributed by atoms with Gasteiger partial charge in [-0.05, 0) is 94.3 Å². The molecule has 0 radical (unpaired) electrons. The van der Waals surface area contributed by atoms with Crippen LogP contribution in [-0.2, 0) is 19.0 Å². The third kappa shape index (κ3) is 10.2. The molecule has 1 heterocycles. The molecular weight excluding hydrogens is 528 g/mol. The topological polar surface area (TPSA) is 168 Å². The Hall–Kier alpha value is -0.690. The van der Waals surface area contributed by atoms with E-state index in [1.165, 1.54) is 0 Å². The summed E-state index contributed by atoms with van der Waals surface area (Å²) in [5, 5.41) is 44.7. The van der Waals surface area contributed by atoms with Gasteiger partial charge in [0.1, 0.15) is 18.1 Å². The summed E-state index contributed by atoms with van der Waals surface area (Å²) in [5.74, 6) is 0.322. The summed E-state index contributed by atoms with van der Waals surface area (Å²) in [4.78, 5) is 14.1. The Labute approximate surface area is 246 Å². The largest absolute Gasteiger partial charge is 0.392 e. The van der Waals surface area contributed by atoms with Crippen LogP contribution in [0.2, 0.25) is 0 Å². The molecule has 1 saturated heterocycles. The van der Waals surface area contributed by atoms with E-state index in [0.717, 1.165) is 51.5 Å². The second kappa shape index (κ2) is 17.6. The zero-order chi connectivity index (χ0) is 29.9. The van der Waals surface area contributed by atoms with Crippen LogP contribution in [0, 0.1) is 29.6 Å². The first-order chi connectivity index (χ1) is 19.7. The highest BCUT2D eigenvalue weighted by Crippen LogP contribution is 2.39. The number of quaternary nitrogens is 1. The number of ether oxygens (including phenoxy) is 3. The fourth-order valence-corrected chi connectivity index (χ4v) is 7.96. The Kier molecular flexibility index (Phi) is 14.9. The lowest BCUT2D eigenvalue weighted by molar-refractivity contribution is -0.699. The molecule has 0 spiro atoms. The van der Waals surface area contributed by atoms with Crippen LogP contribution in [0.25, 0.3) is 0 Å². The number of carbonyl (C=O) groups is 1. The zero-order valence-corrected chi connectivity index (χ0v) is 25.6. The minimum absolute atomic E-state index is 0.00680. The maximum absolute atomic E-state index is 14.1. The number of methoxy groups -OCH3 is 3.